The fraction of sp³-hybridized carbons (Fsp3) is 0.238. The number of hydrogen-bond donors (Lipinski definition) is 3. The van der Waals surface area contributed by atoms with Crippen LogP contribution in [0.5, 0.6) is 0 Å². The van der Waals surface area contributed by atoms with Crippen molar-refractivity contribution >= 4 is 17.7 Å². The van der Waals surface area contributed by atoms with Crippen molar-refractivity contribution in [2.45, 2.75) is 31.8 Å². The van der Waals surface area contributed by atoms with Crippen LogP contribution in [0.25, 0.3) is 0 Å². The maximum absolute atomic E-state index is 13.4. The summed E-state index contributed by atoms with van der Waals surface area (Å²) in [6.45, 7) is 1.26. The number of primary amides is 1. The molecule has 0 fully saturated rings. The second kappa shape index (κ2) is 9.99. The lowest BCUT2D eigenvalue weighted by Gasteiger charge is -2.22. The summed E-state index contributed by atoms with van der Waals surface area (Å²) in [5, 5.41) is 13.9. The van der Waals surface area contributed by atoms with Crippen LogP contribution in [0, 0.1) is 17.1 Å². The Balaban J connectivity index is 2.13. The number of nitrogens with zero attached hydrogens (tertiary/aromatic N) is 1. The van der Waals surface area contributed by atoms with Crippen LogP contribution in [0.4, 0.5) is 4.39 Å². The zero-order valence-electron chi connectivity index (χ0n) is 15.8. The van der Waals surface area contributed by atoms with E-state index in [1.165, 1.54) is 25.1 Å². The van der Waals surface area contributed by atoms with Gasteiger partial charge in [0.25, 0.3) is 0 Å². The standard InChI is InChI=1S/C21H21FN4O3/c1-13(27)25-19(11-16-3-2-4-17(22)9-16)21(29)26-18(20(24)28)10-14-5-7-15(12-23)8-6-14/h2-9,18-19H,10-11H2,1H3,(H2,24,28)(H,25,27)(H,26,29)/t18-,19+/m0/s1. The minimum absolute atomic E-state index is 0.0471. The lowest BCUT2D eigenvalue weighted by Crippen LogP contribution is -2.54. The second-order valence-corrected chi connectivity index (χ2v) is 6.56. The van der Waals surface area contributed by atoms with Crippen molar-refractivity contribution in [1.82, 2.24) is 10.6 Å². The van der Waals surface area contributed by atoms with E-state index in [-0.39, 0.29) is 12.8 Å². The molecule has 0 aliphatic carbocycles. The number of rotatable bonds is 8. The first-order valence-electron chi connectivity index (χ1n) is 8.88. The van der Waals surface area contributed by atoms with E-state index in [1.807, 2.05) is 6.07 Å². The first kappa shape index (κ1) is 21.6. The molecule has 0 bridgehead atoms. The summed E-state index contributed by atoms with van der Waals surface area (Å²) in [4.78, 5) is 36.0. The number of amides is 3. The van der Waals surface area contributed by atoms with E-state index in [9.17, 15) is 18.8 Å². The molecule has 0 aliphatic heterocycles. The number of carbonyl (C=O) groups excluding carboxylic acids is 3. The topological polar surface area (TPSA) is 125 Å². The van der Waals surface area contributed by atoms with Gasteiger partial charge in [-0.1, -0.05) is 24.3 Å². The van der Waals surface area contributed by atoms with Gasteiger partial charge in [-0.2, -0.15) is 5.26 Å². The summed E-state index contributed by atoms with van der Waals surface area (Å²) >= 11 is 0. The molecule has 29 heavy (non-hydrogen) atoms. The summed E-state index contributed by atoms with van der Waals surface area (Å²) in [7, 11) is 0. The van der Waals surface area contributed by atoms with Gasteiger partial charge in [0, 0.05) is 19.8 Å². The van der Waals surface area contributed by atoms with E-state index in [2.05, 4.69) is 10.6 Å². The summed E-state index contributed by atoms with van der Waals surface area (Å²) in [5.74, 6) is -2.25. The van der Waals surface area contributed by atoms with Crippen LogP contribution in [0.3, 0.4) is 0 Å². The second-order valence-electron chi connectivity index (χ2n) is 6.56. The van der Waals surface area contributed by atoms with E-state index >= 15 is 0 Å². The van der Waals surface area contributed by atoms with Crippen molar-refractivity contribution in [2.75, 3.05) is 0 Å². The average molecular weight is 396 g/mol. The molecule has 0 saturated carbocycles. The third-order valence-electron chi connectivity index (χ3n) is 4.21. The largest absolute Gasteiger partial charge is 0.368 e. The highest BCUT2D eigenvalue weighted by molar-refractivity contribution is 5.91. The molecule has 0 heterocycles. The maximum Gasteiger partial charge on any atom is 0.243 e. The predicted molar refractivity (Wildman–Crippen MR) is 104 cm³/mol. The highest BCUT2D eigenvalue weighted by atomic mass is 19.1. The third-order valence-corrected chi connectivity index (χ3v) is 4.21. The van der Waals surface area contributed by atoms with Crippen LogP contribution in [-0.2, 0) is 27.2 Å². The van der Waals surface area contributed by atoms with Crippen LogP contribution in [0.1, 0.15) is 23.6 Å². The summed E-state index contributed by atoms with van der Waals surface area (Å²) in [6, 6.07) is 12.2. The van der Waals surface area contributed by atoms with Gasteiger partial charge in [0.2, 0.25) is 17.7 Å². The van der Waals surface area contributed by atoms with Gasteiger partial charge in [0.15, 0.2) is 0 Å². The molecule has 2 atom stereocenters. The molecule has 0 aromatic heterocycles. The first-order chi connectivity index (χ1) is 13.8. The zero-order valence-corrected chi connectivity index (χ0v) is 15.8. The Morgan fingerprint density at radius 1 is 1.03 bits per heavy atom. The summed E-state index contributed by atoms with van der Waals surface area (Å²) in [6.07, 6.45) is 0.172. The minimum Gasteiger partial charge on any atom is -0.368 e. The van der Waals surface area contributed by atoms with Crippen molar-refractivity contribution in [3.05, 3.63) is 71.0 Å². The number of halogens is 1. The Bertz CT molecular complexity index is 938. The normalized spacial score (nSPS) is 12.3. The number of nitrogens with two attached hydrogens (primary N) is 1. The van der Waals surface area contributed by atoms with Gasteiger partial charge >= 0.3 is 0 Å². The Morgan fingerprint density at radius 3 is 2.24 bits per heavy atom. The fourth-order valence-electron chi connectivity index (χ4n) is 2.80. The molecule has 4 N–H and O–H groups in total. The molecular formula is C21H21FN4O3. The van der Waals surface area contributed by atoms with Crippen molar-refractivity contribution in [3.63, 3.8) is 0 Å². The highest BCUT2D eigenvalue weighted by Gasteiger charge is 2.25. The lowest BCUT2D eigenvalue weighted by molar-refractivity contribution is -0.130. The Kier molecular flexibility index (Phi) is 7.43. The Morgan fingerprint density at radius 2 is 1.69 bits per heavy atom. The molecule has 8 heteroatoms. The highest BCUT2D eigenvalue weighted by Crippen LogP contribution is 2.09. The number of nitriles is 1. The molecule has 3 amide bonds. The number of benzene rings is 2. The van der Waals surface area contributed by atoms with Crippen LogP contribution < -0.4 is 16.4 Å². The molecule has 0 radical (unpaired) electrons. The van der Waals surface area contributed by atoms with Crippen molar-refractivity contribution in [3.8, 4) is 6.07 Å². The predicted octanol–water partition coefficient (Wildman–Crippen LogP) is 0.957. The first-order valence-corrected chi connectivity index (χ1v) is 8.88. The van der Waals surface area contributed by atoms with Crippen molar-refractivity contribution < 1.29 is 18.8 Å². The van der Waals surface area contributed by atoms with Crippen molar-refractivity contribution in [1.29, 1.82) is 5.26 Å². The molecule has 2 aromatic carbocycles. The molecular weight excluding hydrogens is 375 g/mol. The van der Waals surface area contributed by atoms with Crippen LogP contribution >= 0.6 is 0 Å². The van der Waals surface area contributed by atoms with Gasteiger partial charge in [-0.05, 0) is 35.4 Å². The molecule has 7 nitrogen and oxygen atoms in total. The van der Waals surface area contributed by atoms with Gasteiger partial charge in [0.05, 0.1) is 11.6 Å². The van der Waals surface area contributed by atoms with Gasteiger partial charge in [-0.25, -0.2) is 4.39 Å². The van der Waals surface area contributed by atoms with E-state index in [0.717, 1.165) is 0 Å². The molecule has 0 spiro atoms. The monoisotopic (exact) mass is 396 g/mol. The fourth-order valence-corrected chi connectivity index (χ4v) is 2.80. The average Bonchev–Trinajstić information content (AvgIpc) is 2.67. The molecule has 0 saturated heterocycles. The van der Waals surface area contributed by atoms with E-state index < -0.39 is 35.6 Å². The van der Waals surface area contributed by atoms with Gasteiger partial charge in [0.1, 0.15) is 17.9 Å². The number of hydrogen-bond acceptors (Lipinski definition) is 4. The van der Waals surface area contributed by atoms with Crippen molar-refractivity contribution in [2.24, 2.45) is 5.73 Å². The van der Waals surface area contributed by atoms with Gasteiger partial charge in [-0.15, -0.1) is 0 Å². The Hall–Kier alpha value is -3.73. The van der Waals surface area contributed by atoms with Crippen LogP contribution in [0.2, 0.25) is 0 Å². The number of nitrogens with one attached hydrogen (secondary N) is 2. The Labute approximate surface area is 167 Å². The summed E-state index contributed by atoms with van der Waals surface area (Å²) < 4.78 is 13.4. The van der Waals surface area contributed by atoms with E-state index in [1.54, 1.807) is 30.3 Å². The van der Waals surface area contributed by atoms with Gasteiger partial charge in [-0.3, -0.25) is 14.4 Å². The molecule has 2 rings (SSSR count). The maximum atomic E-state index is 13.4. The molecule has 0 unspecified atom stereocenters. The van der Waals surface area contributed by atoms with Gasteiger partial charge < -0.3 is 16.4 Å². The number of carbonyl (C=O) groups is 3. The SMILES string of the molecule is CC(=O)N[C@H](Cc1cccc(F)c1)C(=O)N[C@@H](Cc1ccc(C#N)cc1)C(N)=O. The third kappa shape index (κ3) is 6.74. The van der Waals surface area contributed by atoms with E-state index in [0.29, 0.717) is 16.7 Å². The minimum atomic E-state index is -1.01. The lowest BCUT2D eigenvalue weighted by atomic mass is 10.0. The quantitative estimate of drug-likeness (QED) is 0.614. The van der Waals surface area contributed by atoms with Crippen LogP contribution in [0.15, 0.2) is 48.5 Å². The zero-order chi connectivity index (χ0) is 21.4. The molecule has 0 aliphatic rings. The summed E-state index contributed by atoms with van der Waals surface area (Å²) in [5.41, 5.74) is 7.11. The smallest absolute Gasteiger partial charge is 0.243 e. The molecule has 150 valence electrons. The van der Waals surface area contributed by atoms with Crippen LogP contribution in [-0.4, -0.2) is 29.8 Å². The molecule has 2 aromatic rings. The van der Waals surface area contributed by atoms with E-state index in [4.69, 9.17) is 11.0 Å².